The summed E-state index contributed by atoms with van der Waals surface area (Å²) in [7, 11) is -3.70. The van der Waals surface area contributed by atoms with Crippen LogP contribution in [0.4, 0.5) is 0 Å². The number of allylic oxidation sites excluding steroid dienone is 2. The van der Waals surface area contributed by atoms with Crippen LogP contribution in [0.25, 0.3) is 11.1 Å². The molecule has 0 aliphatic heterocycles. The first-order chi connectivity index (χ1) is 10.5. The van der Waals surface area contributed by atoms with E-state index in [1.54, 1.807) is 12.1 Å². The van der Waals surface area contributed by atoms with E-state index in [4.69, 9.17) is 5.14 Å². The zero-order chi connectivity index (χ0) is 15.7. The topological polar surface area (TPSA) is 77.2 Å². The summed E-state index contributed by atoms with van der Waals surface area (Å²) in [4.78, 5) is 12.3. The zero-order valence-electron chi connectivity index (χ0n) is 11.8. The highest BCUT2D eigenvalue weighted by molar-refractivity contribution is 7.89. The van der Waals surface area contributed by atoms with Crippen molar-refractivity contribution in [3.8, 4) is 0 Å². The van der Waals surface area contributed by atoms with Crippen molar-refractivity contribution in [2.75, 3.05) is 0 Å². The Morgan fingerprint density at radius 2 is 1.45 bits per heavy atom. The molecule has 0 amide bonds. The first-order valence-corrected chi connectivity index (χ1v) is 8.46. The predicted octanol–water partition coefficient (Wildman–Crippen LogP) is 2.61. The number of hydrogen-bond acceptors (Lipinski definition) is 3. The second-order valence-electron chi connectivity index (χ2n) is 5.21. The van der Waals surface area contributed by atoms with Gasteiger partial charge in [-0.15, -0.1) is 0 Å². The second kappa shape index (κ2) is 5.51. The minimum atomic E-state index is -3.70. The lowest BCUT2D eigenvalue weighted by Crippen LogP contribution is -2.11. The van der Waals surface area contributed by atoms with Gasteiger partial charge < -0.3 is 0 Å². The molecule has 5 heteroatoms. The van der Waals surface area contributed by atoms with Crippen LogP contribution in [0, 0.1) is 0 Å². The number of nitrogens with two attached hydrogens (primary N) is 1. The predicted molar refractivity (Wildman–Crippen MR) is 85.3 cm³/mol. The van der Waals surface area contributed by atoms with Crippen LogP contribution in [-0.2, 0) is 14.8 Å². The van der Waals surface area contributed by atoms with E-state index in [9.17, 15) is 13.2 Å². The maximum absolute atomic E-state index is 12.2. The minimum absolute atomic E-state index is 0.0717. The third-order valence-electron chi connectivity index (χ3n) is 3.78. The third kappa shape index (κ3) is 2.73. The number of ketones is 1. The molecule has 0 saturated heterocycles. The molecule has 2 N–H and O–H groups in total. The molecule has 0 fully saturated rings. The Balaban J connectivity index is 2.09. The number of primary sulfonamides is 1. The molecule has 0 heterocycles. The van der Waals surface area contributed by atoms with Crippen LogP contribution in [0.5, 0.6) is 0 Å². The van der Waals surface area contributed by atoms with Crippen LogP contribution in [0.15, 0.2) is 59.5 Å². The molecule has 0 bridgehead atoms. The number of hydrogen-bond donors (Lipinski definition) is 1. The fourth-order valence-electron chi connectivity index (χ4n) is 2.73. The number of carbonyl (C=O) groups is 1. The van der Waals surface area contributed by atoms with Gasteiger partial charge in [0.2, 0.25) is 10.0 Å². The van der Waals surface area contributed by atoms with Crippen molar-refractivity contribution < 1.29 is 13.2 Å². The van der Waals surface area contributed by atoms with Gasteiger partial charge in [0.25, 0.3) is 0 Å². The Kier molecular flexibility index (Phi) is 3.68. The van der Waals surface area contributed by atoms with Gasteiger partial charge in [0.05, 0.1) is 4.90 Å². The van der Waals surface area contributed by atoms with E-state index in [-0.39, 0.29) is 10.7 Å². The Labute approximate surface area is 129 Å². The fraction of sp³-hybridized carbons (Fsp3) is 0.118. The maximum atomic E-state index is 12.2. The minimum Gasteiger partial charge on any atom is -0.294 e. The van der Waals surface area contributed by atoms with Crippen LogP contribution in [-0.4, -0.2) is 14.2 Å². The van der Waals surface area contributed by atoms with E-state index >= 15 is 0 Å². The van der Waals surface area contributed by atoms with Crippen molar-refractivity contribution >= 4 is 27.0 Å². The Hall–Kier alpha value is -2.24. The van der Waals surface area contributed by atoms with Crippen molar-refractivity contribution in [1.82, 2.24) is 0 Å². The average molecular weight is 313 g/mol. The van der Waals surface area contributed by atoms with Gasteiger partial charge in [-0.3, -0.25) is 4.79 Å². The molecular weight excluding hydrogens is 298 g/mol. The number of benzene rings is 2. The molecule has 0 atom stereocenters. The lowest BCUT2D eigenvalue weighted by Gasteiger charge is -2.08. The van der Waals surface area contributed by atoms with E-state index in [0.717, 1.165) is 22.3 Å². The van der Waals surface area contributed by atoms with Crippen molar-refractivity contribution in [1.29, 1.82) is 0 Å². The summed E-state index contributed by atoms with van der Waals surface area (Å²) in [6.07, 6.45) is 1.15. The number of sulfonamides is 1. The van der Waals surface area contributed by atoms with Gasteiger partial charge >= 0.3 is 0 Å². The molecule has 2 aromatic rings. The lowest BCUT2D eigenvalue weighted by atomic mass is 9.97. The highest BCUT2D eigenvalue weighted by Crippen LogP contribution is 2.37. The van der Waals surface area contributed by atoms with Crippen LogP contribution in [0.1, 0.15) is 24.0 Å². The molecule has 2 aromatic carbocycles. The molecule has 3 rings (SSSR count). The van der Waals surface area contributed by atoms with Crippen molar-refractivity contribution in [3.05, 3.63) is 65.7 Å². The SMILES string of the molecule is NS(=O)(=O)c1ccc(C2=C(c3ccccc3)C(=O)CC2)cc1. The van der Waals surface area contributed by atoms with Crippen LogP contribution in [0.3, 0.4) is 0 Å². The lowest BCUT2D eigenvalue weighted by molar-refractivity contribution is -0.113. The molecule has 0 aromatic heterocycles. The smallest absolute Gasteiger partial charge is 0.238 e. The quantitative estimate of drug-likeness (QED) is 0.946. The van der Waals surface area contributed by atoms with E-state index in [1.165, 1.54) is 12.1 Å². The molecule has 0 spiro atoms. The first kappa shape index (κ1) is 14.7. The summed E-state index contributed by atoms with van der Waals surface area (Å²) in [5.74, 6) is 0.122. The van der Waals surface area contributed by atoms with Gasteiger partial charge in [0.1, 0.15) is 0 Å². The summed E-state index contributed by atoms with van der Waals surface area (Å²) < 4.78 is 22.6. The zero-order valence-corrected chi connectivity index (χ0v) is 12.6. The Morgan fingerprint density at radius 3 is 2.05 bits per heavy atom. The summed E-state index contributed by atoms with van der Waals surface area (Å²) in [6.45, 7) is 0. The highest BCUT2D eigenvalue weighted by atomic mass is 32.2. The number of carbonyl (C=O) groups excluding carboxylic acids is 1. The molecule has 22 heavy (non-hydrogen) atoms. The van der Waals surface area contributed by atoms with Crippen LogP contribution in [0.2, 0.25) is 0 Å². The molecule has 0 unspecified atom stereocenters. The third-order valence-corrected chi connectivity index (χ3v) is 4.71. The molecule has 0 radical (unpaired) electrons. The van der Waals surface area contributed by atoms with Crippen molar-refractivity contribution in [2.24, 2.45) is 5.14 Å². The fourth-order valence-corrected chi connectivity index (χ4v) is 3.25. The van der Waals surface area contributed by atoms with Crippen LogP contribution < -0.4 is 5.14 Å². The van der Waals surface area contributed by atoms with Gasteiger partial charge in [-0.25, -0.2) is 13.6 Å². The maximum Gasteiger partial charge on any atom is 0.238 e. The molecule has 4 nitrogen and oxygen atoms in total. The number of Topliss-reactive ketones (excluding diaryl/α,β-unsaturated/α-hetero) is 1. The monoisotopic (exact) mass is 313 g/mol. The van der Waals surface area contributed by atoms with E-state index in [1.807, 2.05) is 30.3 Å². The summed E-state index contributed by atoms with van der Waals surface area (Å²) in [5, 5.41) is 5.11. The molecule has 0 saturated carbocycles. The summed E-state index contributed by atoms with van der Waals surface area (Å²) >= 11 is 0. The molecule has 1 aliphatic carbocycles. The van der Waals surface area contributed by atoms with Gasteiger partial charge in [0, 0.05) is 12.0 Å². The summed E-state index contributed by atoms with van der Waals surface area (Å²) in [5.41, 5.74) is 3.44. The molecule has 112 valence electrons. The molecule has 1 aliphatic rings. The van der Waals surface area contributed by atoms with E-state index in [0.29, 0.717) is 12.8 Å². The number of rotatable bonds is 3. The van der Waals surface area contributed by atoms with Crippen molar-refractivity contribution in [2.45, 2.75) is 17.7 Å². The standard InChI is InChI=1S/C17H15NO3S/c18-22(20,21)14-8-6-12(7-9-14)15-10-11-16(19)17(15)13-4-2-1-3-5-13/h1-9H,10-11H2,(H2,18,20,21). The largest absolute Gasteiger partial charge is 0.294 e. The van der Waals surface area contributed by atoms with Crippen LogP contribution >= 0.6 is 0 Å². The van der Waals surface area contributed by atoms with Crippen molar-refractivity contribution in [3.63, 3.8) is 0 Å². The Morgan fingerprint density at radius 1 is 0.818 bits per heavy atom. The summed E-state index contributed by atoms with van der Waals surface area (Å²) in [6, 6.07) is 15.9. The van der Waals surface area contributed by atoms with Gasteiger partial charge in [0.15, 0.2) is 5.78 Å². The normalized spacial score (nSPS) is 15.4. The average Bonchev–Trinajstić information content (AvgIpc) is 2.89. The van der Waals surface area contributed by atoms with E-state index in [2.05, 4.69) is 0 Å². The van der Waals surface area contributed by atoms with Gasteiger partial charge in [-0.2, -0.15) is 0 Å². The Bertz CT molecular complexity index is 851. The van der Waals surface area contributed by atoms with Gasteiger partial charge in [-0.1, -0.05) is 42.5 Å². The van der Waals surface area contributed by atoms with E-state index < -0.39 is 10.0 Å². The second-order valence-corrected chi connectivity index (χ2v) is 6.77. The van der Waals surface area contributed by atoms with Gasteiger partial charge in [-0.05, 0) is 35.3 Å². The first-order valence-electron chi connectivity index (χ1n) is 6.92. The highest BCUT2D eigenvalue weighted by Gasteiger charge is 2.25. The molecular formula is C17H15NO3S.